The van der Waals surface area contributed by atoms with Crippen LogP contribution in [0, 0.1) is 0 Å². The molecular weight excluding hydrogens is 479 g/mol. The molecule has 0 saturated heterocycles. The first-order valence-electron chi connectivity index (χ1n) is 8.29. The van der Waals surface area contributed by atoms with Crippen molar-refractivity contribution in [2.75, 3.05) is 5.33 Å². The summed E-state index contributed by atoms with van der Waals surface area (Å²) in [6.45, 7) is 0. The Bertz CT molecular complexity index is 650. The van der Waals surface area contributed by atoms with Gasteiger partial charge >= 0.3 is 0 Å². The largest absolute Gasteiger partial charge is 0.101 e. The van der Waals surface area contributed by atoms with E-state index in [2.05, 4.69) is 92.0 Å². The number of alkyl halides is 1. The Morgan fingerprint density at radius 3 is 1.83 bits per heavy atom. The van der Waals surface area contributed by atoms with Gasteiger partial charge in [0.15, 0.2) is 0 Å². The van der Waals surface area contributed by atoms with Crippen molar-refractivity contribution in [3.63, 3.8) is 0 Å². The van der Waals surface area contributed by atoms with Gasteiger partial charge in [0.05, 0.1) is 0 Å². The molecule has 2 aromatic rings. The Balaban J connectivity index is 2.23. The third-order valence-electron chi connectivity index (χ3n) is 4.98. The van der Waals surface area contributed by atoms with Crippen LogP contribution in [0.3, 0.4) is 0 Å². The van der Waals surface area contributed by atoms with Gasteiger partial charge in [0.2, 0.25) is 0 Å². The minimum Gasteiger partial charge on any atom is -0.0928 e. The van der Waals surface area contributed by atoms with Crippen LogP contribution in [0.5, 0.6) is 0 Å². The molecule has 4 heteroatoms. The van der Waals surface area contributed by atoms with E-state index in [1.54, 1.807) is 0 Å². The van der Waals surface area contributed by atoms with Crippen molar-refractivity contribution in [2.45, 2.75) is 37.4 Å². The summed E-state index contributed by atoms with van der Waals surface area (Å²) in [7, 11) is 2.29. The number of fused-ring (bicyclic) bond motifs is 3. The maximum atomic E-state index is 3.69. The second-order valence-corrected chi connectivity index (χ2v) is 8.98. The molecule has 1 aliphatic carbocycles. The molecule has 0 N–H and O–H groups in total. The lowest BCUT2D eigenvalue weighted by molar-refractivity contribution is 0.437. The predicted molar refractivity (Wildman–Crippen MR) is 114 cm³/mol. The Morgan fingerprint density at radius 2 is 1.35 bits per heavy atom. The second kappa shape index (κ2) is 7.45. The maximum Gasteiger partial charge on any atom is 0.101 e. The number of hydrogen-bond acceptors (Lipinski definition) is 0. The molecule has 0 nitrogen and oxygen atoms in total. The van der Waals surface area contributed by atoms with Gasteiger partial charge in [-0.3, -0.25) is 0 Å². The van der Waals surface area contributed by atoms with Crippen molar-refractivity contribution < 1.29 is 0 Å². The summed E-state index contributed by atoms with van der Waals surface area (Å²) in [6, 6.07) is 13.6. The zero-order chi connectivity index (χ0) is 16.4. The van der Waals surface area contributed by atoms with E-state index in [0.717, 1.165) is 5.33 Å². The molecule has 0 amide bonds. The second-order valence-electron chi connectivity index (χ2n) is 6.36. The van der Waals surface area contributed by atoms with Crippen molar-refractivity contribution in [1.82, 2.24) is 0 Å². The molecular formula is C19H20BBr3. The lowest BCUT2D eigenvalue weighted by Crippen LogP contribution is -2.25. The number of hydrogen-bond donors (Lipinski definition) is 0. The summed E-state index contributed by atoms with van der Waals surface area (Å²) in [5.74, 6) is 0. The third-order valence-corrected chi connectivity index (χ3v) is 6.53. The fraction of sp³-hybridized carbons (Fsp3) is 0.368. The van der Waals surface area contributed by atoms with Gasteiger partial charge < -0.3 is 0 Å². The number of halogens is 3. The minimum atomic E-state index is 0.155. The fourth-order valence-corrected chi connectivity index (χ4v) is 4.95. The highest BCUT2D eigenvalue weighted by molar-refractivity contribution is 9.10. The minimum absolute atomic E-state index is 0.155. The molecule has 120 valence electrons. The summed E-state index contributed by atoms with van der Waals surface area (Å²) >= 11 is 11.0. The predicted octanol–water partition coefficient (Wildman–Crippen LogP) is 6.48. The molecule has 3 rings (SSSR count). The average molecular weight is 499 g/mol. The smallest absolute Gasteiger partial charge is 0.0928 e. The van der Waals surface area contributed by atoms with Crippen molar-refractivity contribution in [2.24, 2.45) is 0 Å². The molecule has 0 aliphatic heterocycles. The highest BCUT2D eigenvalue weighted by atomic mass is 79.9. The van der Waals surface area contributed by atoms with Crippen LogP contribution in [0.25, 0.3) is 11.1 Å². The fourth-order valence-electron chi connectivity index (χ4n) is 3.95. The highest BCUT2D eigenvalue weighted by Gasteiger charge is 2.42. The Hall–Kier alpha value is -0.0551. The van der Waals surface area contributed by atoms with Gasteiger partial charge in [0, 0.05) is 19.7 Å². The molecule has 0 radical (unpaired) electrons. The SMILES string of the molecule is BCCCC1(CCCBr)c2cc(Br)ccc2-c2ccc(Br)cc21. The first-order valence-corrected chi connectivity index (χ1v) is 11.0. The standard InChI is InChI=1S/C19H20BBr3/c20-9-1-7-19(8-2-10-21)17-11-13(22)3-5-15(17)16-6-4-14(23)12-18(16)19/h3-6,11-12H,1-2,7-10,20H2. The van der Waals surface area contributed by atoms with Crippen molar-refractivity contribution in [3.8, 4) is 11.1 Å². The van der Waals surface area contributed by atoms with Crippen LogP contribution in [-0.4, -0.2) is 13.2 Å². The van der Waals surface area contributed by atoms with Crippen molar-refractivity contribution >= 4 is 55.6 Å². The van der Waals surface area contributed by atoms with Crippen LogP contribution in [0.2, 0.25) is 6.32 Å². The quantitative estimate of drug-likeness (QED) is 0.316. The van der Waals surface area contributed by atoms with Crippen LogP contribution < -0.4 is 0 Å². The Kier molecular flexibility index (Phi) is 5.75. The van der Waals surface area contributed by atoms with E-state index >= 15 is 0 Å². The molecule has 0 unspecified atom stereocenters. The van der Waals surface area contributed by atoms with Gasteiger partial charge in [-0.05, 0) is 65.8 Å². The first-order chi connectivity index (χ1) is 11.1. The Labute approximate surface area is 165 Å². The van der Waals surface area contributed by atoms with Crippen molar-refractivity contribution in [1.29, 1.82) is 0 Å². The monoisotopic (exact) mass is 496 g/mol. The first kappa shape index (κ1) is 17.8. The van der Waals surface area contributed by atoms with Gasteiger partial charge in [-0.1, -0.05) is 72.7 Å². The molecule has 0 heterocycles. The van der Waals surface area contributed by atoms with E-state index in [1.165, 1.54) is 63.2 Å². The highest BCUT2D eigenvalue weighted by Crippen LogP contribution is 2.55. The van der Waals surface area contributed by atoms with Crippen LogP contribution in [0.1, 0.15) is 36.8 Å². The van der Waals surface area contributed by atoms with Crippen molar-refractivity contribution in [3.05, 3.63) is 56.5 Å². The van der Waals surface area contributed by atoms with Crippen LogP contribution in [-0.2, 0) is 5.41 Å². The summed E-state index contributed by atoms with van der Waals surface area (Å²) < 4.78 is 2.37. The topological polar surface area (TPSA) is 0 Å². The Morgan fingerprint density at radius 1 is 0.826 bits per heavy atom. The van der Waals surface area contributed by atoms with Crippen LogP contribution in [0.4, 0.5) is 0 Å². The molecule has 0 fully saturated rings. The number of benzene rings is 2. The van der Waals surface area contributed by atoms with E-state index < -0.39 is 0 Å². The molecule has 0 bridgehead atoms. The van der Waals surface area contributed by atoms with Gasteiger partial charge in [-0.15, -0.1) is 0 Å². The van der Waals surface area contributed by atoms with Crippen LogP contribution in [0.15, 0.2) is 45.3 Å². The summed E-state index contributed by atoms with van der Waals surface area (Å²) in [4.78, 5) is 0. The molecule has 0 saturated carbocycles. The summed E-state index contributed by atoms with van der Waals surface area (Å²) in [5, 5.41) is 1.06. The molecule has 0 spiro atoms. The van der Waals surface area contributed by atoms with E-state index in [1.807, 2.05) is 0 Å². The van der Waals surface area contributed by atoms with E-state index in [4.69, 9.17) is 0 Å². The van der Waals surface area contributed by atoms with E-state index in [-0.39, 0.29) is 5.41 Å². The zero-order valence-corrected chi connectivity index (χ0v) is 18.1. The summed E-state index contributed by atoms with van der Waals surface area (Å²) in [5.41, 5.74) is 6.01. The molecule has 2 aromatic carbocycles. The van der Waals surface area contributed by atoms with Crippen LogP contribution >= 0.6 is 47.8 Å². The van der Waals surface area contributed by atoms with Gasteiger partial charge in [-0.2, -0.15) is 0 Å². The summed E-state index contributed by atoms with van der Waals surface area (Å²) in [6.07, 6.45) is 6.12. The molecule has 0 aromatic heterocycles. The molecule has 0 atom stereocenters. The third kappa shape index (κ3) is 3.24. The average Bonchev–Trinajstić information content (AvgIpc) is 2.80. The van der Waals surface area contributed by atoms with Gasteiger partial charge in [0.1, 0.15) is 7.85 Å². The molecule has 23 heavy (non-hydrogen) atoms. The lowest BCUT2D eigenvalue weighted by atomic mass is 9.70. The number of rotatable bonds is 6. The van der Waals surface area contributed by atoms with E-state index in [9.17, 15) is 0 Å². The lowest BCUT2D eigenvalue weighted by Gasteiger charge is -2.32. The van der Waals surface area contributed by atoms with Gasteiger partial charge in [0.25, 0.3) is 0 Å². The van der Waals surface area contributed by atoms with E-state index in [0.29, 0.717) is 0 Å². The molecule has 1 aliphatic rings. The van der Waals surface area contributed by atoms with Gasteiger partial charge in [-0.25, -0.2) is 0 Å². The maximum absolute atomic E-state index is 3.69. The normalized spacial score (nSPS) is 14.6. The zero-order valence-electron chi connectivity index (χ0n) is 13.3.